The fourth-order valence-corrected chi connectivity index (χ4v) is 5.62. The number of hydrogen-bond donors (Lipinski definition) is 3. The minimum absolute atomic E-state index is 0.00243. The number of cyclic esters (lactones) is 2. The zero-order valence-corrected chi connectivity index (χ0v) is 24.0. The van der Waals surface area contributed by atoms with E-state index in [0.717, 1.165) is 37.7 Å². The summed E-state index contributed by atoms with van der Waals surface area (Å²) in [6.07, 6.45) is 2.00. The third-order valence-corrected chi connectivity index (χ3v) is 8.00. The zero-order valence-electron chi connectivity index (χ0n) is 24.0. The molecule has 0 radical (unpaired) electrons. The van der Waals surface area contributed by atoms with Crippen molar-refractivity contribution in [2.45, 2.75) is 82.3 Å². The Hall–Kier alpha value is -3.22. The lowest BCUT2D eigenvalue weighted by Gasteiger charge is -2.32. The van der Waals surface area contributed by atoms with Crippen molar-refractivity contribution < 1.29 is 43.2 Å². The van der Waals surface area contributed by atoms with Gasteiger partial charge in [-0.3, -0.25) is 14.5 Å². The van der Waals surface area contributed by atoms with Crippen LogP contribution in [0.25, 0.3) is 0 Å². The van der Waals surface area contributed by atoms with Crippen molar-refractivity contribution in [1.82, 2.24) is 15.5 Å². The first-order chi connectivity index (χ1) is 20.4. The van der Waals surface area contributed by atoms with Gasteiger partial charge in [-0.05, 0) is 24.3 Å². The van der Waals surface area contributed by atoms with Crippen LogP contribution in [0.3, 0.4) is 0 Å². The molecular formula is C30H43N3O9. The van der Waals surface area contributed by atoms with Gasteiger partial charge in [0.25, 0.3) is 0 Å². The summed E-state index contributed by atoms with van der Waals surface area (Å²) < 4.78 is 21.7. The van der Waals surface area contributed by atoms with Crippen molar-refractivity contribution in [2.75, 3.05) is 39.5 Å². The topological polar surface area (TPSA) is 153 Å². The van der Waals surface area contributed by atoms with Gasteiger partial charge in [0.2, 0.25) is 5.91 Å². The first-order valence-corrected chi connectivity index (χ1v) is 15.0. The molecule has 0 spiro atoms. The Morgan fingerprint density at radius 1 is 1.05 bits per heavy atom. The molecule has 1 unspecified atom stereocenters. The molecule has 2 aliphatic heterocycles. The number of aliphatic hydroxyl groups is 1. The Morgan fingerprint density at radius 2 is 1.79 bits per heavy atom. The fourth-order valence-electron chi connectivity index (χ4n) is 5.62. The molecule has 3 N–H and O–H groups in total. The monoisotopic (exact) mass is 589 g/mol. The van der Waals surface area contributed by atoms with Crippen LogP contribution < -0.4 is 10.6 Å². The largest absolute Gasteiger partial charge is 0.462 e. The summed E-state index contributed by atoms with van der Waals surface area (Å²) in [6.45, 7) is 2.48. The molecule has 0 bridgehead atoms. The number of aliphatic hydroxyl groups excluding tert-OH is 1. The molecule has 12 heteroatoms. The van der Waals surface area contributed by atoms with Gasteiger partial charge in [-0.1, -0.05) is 62.4 Å². The maximum absolute atomic E-state index is 13.4. The van der Waals surface area contributed by atoms with Gasteiger partial charge in [0.15, 0.2) is 6.10 Å². The van der Waals surface area contributed by atoms with Gasteiger partial charge in [0, 0.05) is 26.1 Å². The van der Waals surface area contributed by atoms with Crippen LogP contribution in [-0.2, 0) is 39.9 Å². The number of alkyl carbamates (subject to hydrolysis) is 1. The summed E-state index contributed by atoms with van der Waals surface area (Å²) in [4.78, 5) is 53.9. The smallest absolute Gasteiger partial charge is 0.408 e. The van der Waals surface area contributed by atoms with Crippen molar-refractivity contribution in [1.29, 1.82) is 0 Å². The third kappa shape index (κ3) is 10.2. The second kappa shape index (κ2) is 16.4. The second-order valence-corrected chi connectivity index (χ2v) is 11.3. The number of rotatable bonds is 7. The molecule has 3 fully saturated rings. The highest BCUT2D eigenvalue weighted by Gasteiger charge is 2.36. The molecule has 2 heterocycles. The summed E-state index contributed by atoms with van der Waals surface area (Å²) in [5, 5.41) is 16.5. The van der Waals surface area contributed by atoms with E-state index in [1.807, 2.05) is 23.1 Å². The van der Waals surface area contributed by atoms with Crippen molar-refractivity contribution in [2.24, 2.45) is 5.92 Å². The number of benzene rings is 1. The average molecular weight is 590 g/mol. The van der Waals surface area contributed by atoms with E-state index < -0.39 is 48.2 Å². The van der Waals surface area contributed by atoms with E-state index in [9.17, 15) is 24.3 Å². The highest BCUT2D eigenvalue weighted by atomic mass is 16.6. The van der Waals surface area contributed by atoms with Gasteiger partial charge in [0.1, 0.15) is 25.4 Å². The van der Waals surface area contributed by atoms with Crippen LogP contribution in [0.1, 0.15) is 56.9 Å². The standard InChI is InChI=1S/C30H43N3O9/c34-26-12-11-24(32-30(38)41-19-22-9-5-2-6-10-22)28(36)31-25(17-21-7-3-1-4-8-21)27(35)29(37)42-23(20-40-26)18-33-13-15-39-16-14-33/h2,5-6,9-10,21,23-25,27,35H,1,3-4,7-8,11-20H2,(H,31,36)(H,32,38)/t23?,24-,25-,27+/m0/s1. The molecule has 4 atom stereocenters. The molecule has 2 saturated heterocycles. The lowest BCUT2D eigenvalue weighted by Crippen LogP contribution is -2.55. The predicted octanol–water partition coefficient (Wildman–Crippen LogP) is 1.68. The van der Waals surface area contributed by atoms with Crippen molar-refractivity contribution in [3.05, 3.63) is 35.9 Å². The van der Waals surface area contributed by atoms with E-state index in [1.165, 1.54) is 0 Å². The number of carbonyl (C=O) groups excluding carboxylic acids is 4. The summed E-state index contributed by atoms with van der Waals surface area (Å²) in [5.41, 5.74) is 0.774. The number of ether oxygens (including phenoxy) is 4. The van der Waals surface area contributed by atoms with Crippen molar-refractivity contribution >= 4 is 23.9 Å². The molecule has 1 saturated carbocycles. The van der Waals surface area contributed by atoms with E-state index in [4.69, 9.17) is 18.9 Å². The molecule has 2 amide bonds. The highest BCUT2D eigenvalue weighted by molar-refractivity contribution is 5.87. The van der Waals surface area contributed by atoms with Crippen LogP contribution in [0.5, 0.6) is 0 Å². The molecular weight excluding hydrogens is 546 g/mol. The van der Waals surface area contributed by atoms with E-state index in [0.29, 0.717) is 39.3 Å². The Labute approximate surface area is 246 Å². The zero-order chi connectivity index (χ0) is 29.7. The van der Waals surface area contributed by atoms with Crippen LogP contribution in [-0.4, -0.2) is 97.7 Å². The molecule has 1 aromatic carbocycles. The molecule has 4 rings (SSSR count). The number of morpholine rings is 1. The van der Waals surface area contributed by atoms with Gasteiger partial charge >= 0.3 is 18.0 Å². The second-order valence-electron chi connectivity index (χ2n) is 11.3. The first-order valence-electron chi connectivity index (χ1n) is 15.0. The third-order valence-electron chi connectivity index (χ3n) is 8.00. The summed E-state index contributed by atoms with van der Waals surface area (Å²) in [6, 6.07) is 7.01. The summed E-state index contributed by atoms with van der Waals surface area (Å²) in [7, 11) is 0. The maximum Gasteiger partial charge on any atom is 0.408 e. The van der Waals surface area contributed by atoms with Crippen molar-refractivity contribution in [3.8, 4) is 0 Å². The van der Waals surface area contributed by atoms with Gasteiger partial charge in [0.05, 0.1) is 19.3 Å². The molecule has 1 aromatic rings. The molecule has 232 valence electrons. The maximum atomic E-state index is 13.4. The Bertz CT molecular complexity index is 1030. The highest BCUT2D eigenvalue weighted by Crippen LogP contribution is 2.28. The van der Waals surface area contributed by atoms with Crippen molar-refractivity contribution in [3.63, 3.8) is 0 Å². The number of nitrogens with zero attached hydrogens (tertiary/aromatic N) is 1. The molecule has 1 aliphatic carbocycles. The van der Waals surface area contributed by atoms with Crippen LogP contribution in [0.4, 0.5) is 4.79 Å². The minimum Gasteiger partial charge on any atom is -0.462 e. The quantitative estimate of drug-likeness (QED) is 0.316. The van der Waals surface area contributed by atoms with E-state index in [-0.39, 0.29) is 32.0 Å². The van der Waals surface area contributed by atoms with Crippen LogP contribution in [0.15, 0.2) is 30.3 Å². The first kappa shape index (κ1) is 31.7. The fraction of sp³-hybridized carbons (Fsp3) is 0.667. The Kier molecular flexibility index (Phi) is 12.4. The van der Waals surface area contributed by atoms with Crippen LogP contribution in [0.2, 0.25) is 0 Å². The summed E-state index contributed by atoms with van der Waals surface area (Å²) in [5.74, 6) is -1.90. The van der Waals surface area contributed by atoms with E-state index in [1.54, 1.807) is 12.1 Å². The van der Waals surface area contributed by atoms with E-state index >= 15 is 0 Å². The molecule has 3 aliphatic rings. The lowest BCUT2D eigenvalue weighted by atomic mass is 9.83. The Morgan fingerprint density at radius 3 is 2.52 bits per heavy atom. The average Bonchev–Trinajstić information content (AvgIpc) is 3.01. The number of amides is 2. The van der Waals surface area contributed by atoms with Gasteiger partial charge in [-0.15, -0.1) is 0 Å². The molecule has 12 nitrogen and oxygen atoms in total. The minimum atomic E-state index is -1.63. The lowest BCUT2D eigenvalue weighted by molar-refractivity contribution is -0.169. The predicted molar refractivity (Wildman–Crippen MR) is 150 cm³/mol. The van der Waals surface area contributed by atoms with Gasteiger partial charge < -0.3 is 34.7 Å². The van der Waals surface area contributed by atoms with Crippen LogP contribution in [0, 0.1) is 5.92 Å². The number of carbonyl (C=O) groups is 4. The van der Waals surface area contributed by atoms with Gasteiger partial charge in [-0.25, -0.2) is 9.59 Å². The molecule has 42 heavy (non-hydrogen) atoms. The number of nitrogens with one attached hydrogen (secondary N) is 2. The number of hydrogen-bond acceptors (Lipinski definition) is 10. The van der Waals surface area contributed by atoms with E-state index in [2.05, 4.69) is 10.6 Å². The number of esters is 2. The molecule has 0 aromatic heterocycles. The normalized spacial score (nSPS) is 27.3. The Balaban J connectivity index is 1.47. The SMILES string of the molecule is O=C1CC[C@H](NC(=O)OCc2ccccc2)C(=O)N[C@@H](CC2CCCCC2)[C@@H](O)C(=O)OC(CN2CCOCC2)CO1. The summed E-state index contributed by atoms with van der Waals surface area (Å²) >= 11 is 0. The van der Waals surface area contributed by atoms with Crippen LogP contribution >= 0.6 is 0 Å². The van der Waals surface area contributed by atoms with Gasteiger partial charge in [-0.2, -0.15) is 0 Å².